The molecule has 0 unspecified atom stereocenters. The topological polar surface area (TPSA) is 179 Å². The highest BCUT2D eigenvalue weighted by atomic mass is 32.2. The normalized spacial score (nSPS) is 16.5. The highest BCUT2D eigenvalue weighted by Gasteiger charge is 2.35. The smallest absolute Gasteiger partial charge is 0.407 e. The standard InChI is InChI=1S/C46H46FN7O7S/c1-58-45(57)52-41(40(32-11-4-2-5-12-32)33-13-6-3-7-14-33)42(55)51-37-15-9-8-10-31(37)18-21-36-27-49-38(28-59-44(56)50-26-30-16-19-35(47)20-17-30)39(60-36)29-62-46-54-53-43(61-46)34-22-24-48-25-23-34/h2-17,19-20,22-25,36,38-41,49H,18,21,26-29H2,1H3,(H,50,56)(H,51,55)(H,52,57)/t36-,38-,39-,41+/m1/s1. The van der Waals surface area contributed by atoms with Gasteiger partial charge in [0, 0.05) is 48.4 Å². The Balaban J connectivity index is 1.02. The molecule has 4 aromatic carbocycles. The molecule has 0 aliphatic carbocycles. The van der Waals surface area contributed by atoms with E-state index in [1.54, 1.807) is 36.7 Å². The van der Waals surface area contributed by atoms with Gasteiger partial charge in [-0.15, -0.1) is 10.2 Å². The number of rotatable bonds is 17. The predicted octanol–water partition coefficient (Wildman–Crippen LogP) is 7.14. The maximum atomic E-state index is 14.3. The largest absolute Gasteiger partial charge is 0.453 e. The molecule has 0 radical (unpaired) electrons. The number of aromatic nitrogens is 3. The molecule has 1 fully saturated rings. The van der Waals surface area contributed by atoms with Crippen LogP contribution in [0, 0.1) is 5.82 Å². The maximum absolute atomic E-state index is 14.3. The molecule has 2 aromatic heterocycles. The van der Waals surface area contributed by atoms with Crippen LogP contribution in [0.4, 0.5) is 19.7 Å². The van der Waals surface area contributed by atoms with Crippen LogP contribution in [0.1, 0.15) is 34.6 Å². The molecule has 62 heavy (non-hydrogen) atoms. The van der Waals surface area contributed by atoms with Gasteiger partial charge in [-0.2, -0.15) is 0 Å². The van der Waals surface area contributed by atoms with Crippen molar-refractivity contribution in [3.8, 4) is 11.5 Å². The molecule has 16 heteroatoms. The van der Waals surface area contributed by atoms with Crippen molar-refractivity contribution in [2.75, 3.05) is 31.3 Å². The van der Waals surface area contributed by atoms with Gasteiger partial charge >= 0.3 is 12.2 Å². The fourth-order valence-electron chi connectivity index (χ4n) is 7.09. The number of ether oxygens (including phenoxy) is 3. The van der Waals surface area contributed by atoms with Crippen molar-refractivity contribution in [3.05, 3.63) is 162 Å². The molecule has 0 saturated carbocycles. The summed E-state index contributed by atoms with van der Waals surface area (Å²) in [5.74, 6) is -0.528. The lowest BCUT2D eigenvalue weighted by molar-refractivity contribution is -0.118. The second-order valence-electron chi connectivity index (χ2n) is 14.4. The summed E-state index contributed by atoms with van der Waals surface area (Å²) in [6, 6.07) is 34.7. The van der Waals surface area contributed by atoms with Gasteiger partial charge in [-0.3, -0.25) is 9.78 Å². The Bertz CT molecular complexity index is 2320. The third kappa shape index (κ3) is 12.0. The average molecular weight is 860 g/mol. The molecule has 4 N–H and O–H groups in total. The molecule has 1 saturated heterocycles. The van der Waals surface area contributed by atoms with E-state index in [1.807, 2.05) is 84.9 Å². The highest BCUT2D eigenvalue weighted by molar-refractivity contribution is 7.99. The predicted molar refractivity (Wildman–Crippen MR) is 231 cm³/mol. The van der Waals surface area contributed by atoms with Crippen molar-refractivity contribution in [3.63, 3.8) is 0 Å². The van der Waals surface area contributed by atoms with Gasteiger partial charge in [-0.05, 0) is 65.4 Å². The number of halogens is 1. The number of aryl methyl sites for hydroxylation is 1. The van der Waals surface area contributed by atoms with E-state index in [-0.39, 0.29) is 31.1 Å². The van der Waals surface area contributed by atoms with Gasteiger partial charge in [0.25, 0.3) is 5.22 Å². The molecule has 1 aliphatic rings. The highest BCUT2D eigenvalue weighted by Crippen LogP contribution is 2.31. The lowest BCUT2D eigenvalue weighted by Gasteiger charge is -2.37. The van der Waals surface area contributed by atoms with Crippen LogP contribution in [0.3, 0.4) is 0 Å². The monoisotopic (exact) mass is 859 g/mol. The van der Waals surface area contributed by atoms with Gasteiger partial charge in [0.2, 0.25) is 11.8 Å². The minimum Gasteiger partial charge on any atom is -0.453 e. The zero-order valence-corrected chi connectivity index (χ0v) is 34.6. The SMILES string of the molecule is COC(=O)N[C@H](C(=O)Nc1ccccc1CC[C@@H]1CN[C@H](COC(=O)NCc2ccc(F)cc2)[C@@H](CSc2nnc(-c3ccncc3)o2)O1)C(c1ccccc1)c1ccccc1. The van der Waals surface area contributed by atoms with Crippen LogP contribution < -0.4 is 21.3 Å². The number of nitrogens with one attached hydrogen (secondary N) is 4. The maximum Gasteiger partial charge on any atom is 0.407 e. The Hall–Kier alpha value is -6.62. The molecule has 4 atom stereocenters. The summed E-state index contributed by atoms with van der Waals surface area (Å²) >= 11 is 1.33. The number of anilines is 1. The van der Waals surface area contributed by atoms with Crippen molar-refractivity contribution in [1.29, 1.82) is 0 Å². The van der Waals surface area contributed by atoms with Crippen LogP contribution in [0.15, 0.2) is 143 Å². The second kappa shape index (κ2) is 21.8. The molecule has 7 rings (SSSR count). The summed E-state index contributed by atoms with van der Waals surface area (Å²) in [5.41, 5.74) is 4.64. The number of alkyl carbamates (subject to hydrolysis) is 2. The first-order valence-corrected chi connectivity index (χ1v) is 21.0. The fourth-order valence-corrected chi connectivity index (χ4v) is 7.95. The summed E-state index contributed by atoms with van der Waals surface area (Å²) in [4.78, 5) is 43.7. The van der Waals surface area contributed by atoms with Crippen LogP contribution in [0.5, 0.6) is 0 Å². The number of benzene rings is 4. The quantitative estimate of drug-likeness (QED) is 0.0683. The Kier molecular flexibility index (Phi) is 15.3. The van der Waals surface area contributed by atoms with Gasteiger partial charge in [-0.25, -0.2) is 14.0 Å². The van der Waals surface area contributed by atoms with E-state index in [4.69, 9.17) is 18.6 Å². The summed E-state index contributed by atoms with van der Waals surface area (Å²) in [7, 11) is 1.26. The van der Waals surface area contributed by atoms with Crippen molar-refractivity contribution in [2.24, 2.45) is 0 Å². The molecule has 320 valence electrons. The Morgan fingerprint density at radius 1 is 0.871 bits per heavy atom. The fraction of sp³-hybridized carbons (Fsp3) is 0.261. The first-order chi connectivity index (χ1) is 30.3. The lowest BCUT2D eigenvalue weighted by atomic mass is 9.84. The number of hydrogen-bond donors (Lipinski definition) is 4. The number of morpholine rings is 1. The van der Waals surface area contributed by atoms with Crippen molar-refractivity contribution in [2.45, 2.75) is 54.8 Å². The zero-order chi connectivity index (χ0) is 43.1. The lowest BCUT2D eigenvalue weighted by Crippen LogP contribution is -2.56. The number of carbonyl (C=O) groups excluding carboxylic acids is 3. The summed E-state index contributed by atoms with van der Waals surface area (Å²) in [6.07, 6.45) is 2.38. The van der Waals surface area contributed by atoms with E-state index < -0.39 is 36.2 Å². The van der Waals surface area contributed by atoms with Crippen molar-refractivity contribution in [1.82, 2.24) is 31.1 Å². The van der Waals surface area contributed by atoms with E-state index in [0.29, 0.717) is 41.9 Å². The van der Waals surface area contributed by atoms with Gasteiger partial charge in [0.1, 0.15) is 18.5 Å². The third-order valence-electron chi connectivity index (χ3n) is 10.3. The van der Waals surface area contributed by atoms with E-state index in [9.17, 15) is 18.8 Å². The minimum absolute atomic E-state index is 0.0158. The summed E-state index contributed by atoms with van der Waals surface area (Å²) < 4.78 is 36.5. The molecule has 3 heterocycles. The van der Waals surface area contributed by atoms with Crippen LogP contribution in [0.2, 0.25) is 0 Å². The molecule has 0 bridgehead atoms. The number of carbonyl (C=O) groups is 3. The third-order valence-corrected chi connectivity index (χ3v) is 11.2. The molecular formula is C46H46FN7O7S. The summed E-state index contributed by atoms with van der Waals surface area (Å²) in [6.45, 7) is 0.660. The van der Waals surface area contributed by atoms with Crippen molar-refractivity contribution < 1.29 is 37.4 Å². The first-order valence-electron chi connectivity index (χ1n) is 20.1. The minimum atomic E-state index is -1.02. The molecule has 0 spiro atoms. The van der Waals surface area contributed by atoms with Crippen LogP contribution in [-0.4, -0.2) is 83.6 Å². The van der Waals surface area contributed by atoms with Gasteiger partial charge in [-0.1, -0.05) is 103 Å². The number of methoxy groups -OCH3 is 1. The number of nitrogens with zero attached hydrogens (tertiary/aromatic N) is 3. The van der Waals surface area contributed by atoms with Crippen molar-refractivity contribution >= 4 is 35.5 Å². The number of thioether (sulfide) groups is 1. The zero-order valence-electron chi connectivity index (χ0n) is 33.8. The number of hydrogen-bond acceptors (Lipinski definition) is 12. The summed E-state index contributed by atoms with van der Waals surface area (Å²) in [5, 5.41) is 20.8. The Labute approximate surface area is 362 Å². The molecular weight excluding hydrogens is 814 g/mol. The first kappa shape index (κ1) is 43.5. The van der Waals surface area contributed by atoms with Gasteiger partial charge < -0.3 is 39.9 Å². The molecule has 14 nitrogen and oxygen atoms in total. The second-order valence-corrected chi connectivity index (χ2v) is 15.4. The number of amides is 3. The van der Waals surface area contributed by atoms with Gasteiger partial charge in [0.05, 0.1) is 25.4 Å². The Morgan fingerprint density at radius 2 is 1.56 bits per heavy atom. The van der Waals surface area contributed by atoms with E-state index in [2.05, 4.69) is 36.4 Å². The van der Waals surface area contributed by atoms with E-state index >= 15 is 0 Å². The van der Waals surface area contributed by atoms with Gasteiger partial charge in [0.15, 0.2) is 0 Å². The number of para-hydroxylation sites is 1. The average Bonchev–Trinajstić information content (AvgIpc) is 3.80. The molecule has 6 aromatic rings. The molecule has 1 aliphatic heterocycles. The number of pyridine rings is 1. The van der Waals surface area contributed by atoms with Crippen LogP contribution >= 0.6 is 11.8 Å². The van der Waals surface area contributed by atoms with Crippen LogP contribution in [0.25, 0.3) is 11.5 Å². The Morgan fingerprint density at radius 3 is 2.27 bits per heavy atom. The van der Waals surface area contributed by atoms with E-state index in [1.165, 1.54) is 31.0 Å². The molecule has 3 amide bonds. The van der Waals surface area contributed by atoms with Crippen LogP contribution in [-0.2, 0) is 32.0 Å². The van der Waals surface area contributed by atoms with E-state index in [0.717, 1.165) is 27.8 Å².